The molecule has 2 bridgehead atoms. The molecule has 0 aromatic rings. The van der Waals surface area contributed by atoms with Crippen LogP contribution in [-0.4, -0.2) is 26.2 Å². The van der Waals surface area contributed by atoms with Crippen LogP contribution in [0.25, 0.3) is 0 Å². The molecule has 21 heavy (non-hydrogen) atoms. The lowest BCUT2D eigenvalue weighted by atomic mass is 9.69. The Morgan fingerprint density at radius 2 is 1.24 bits per heavy atom. The van der Waals surface area contributed by atoms with Crippen LogP contribution < -0.4 is 0 Å². The van der Waals surface area contributed by atoms with E-state index in [4.69, 9.17) is 9.47 Å². The van der Waals surface area contributed by atoms with Gasteiger partial charge in [-0.1, -0.05) is 25.0 Å². The van der Waals surface area contributed by atoms with Crippen molar-refractivity contribution in [2.24, 2.45) is 23.7 Å². The summed E-state index contributed by atoms with van der Waals surface area (Å²) >= 11 is 0. The van der Waals surface area contributed by atoms with Gasteiger partial charge in [-0.3, -0.25) is 0 Å². The Balaban J connectivity index is 2.13. The fourth-order valence-corrected chi connectivity index (χ4v) is 4.80. The number of methoxy groups -OCH3 is 2. The summed E-state index contributed by atoms with van der Waals surface area (Å²) in [7, 11) is 2.73. The first-order valence-electron chi connectivity index (χ1n) is 7.65. The van der Waals surface area contributed by atoms with Crippen molar-refractivity contribution >= 4 is 11.9 Å². The van der Waals surface area contributed by atoms with E-state index in [-0.39, 0.29) is 11.8 Å². The smallest absolute Gasteiger partial charge is 0.334 e. The number of allylic oxidation sites excluding steroid dienone is 2. The van der Waals surface area contributed by atoms with Gasteiger partial charge in [-0.15, -0.1) is 0 Å². The summed E-state index contributed by atoms with van der Waals surface area (Å²) in [6.45, 7) is 4.05. The van der Waals surface area contributed by atoms with Crippen molar-refractivity contribution in [2.45, 2.75) is 33.1 Å². The monoisotopic (exact) mass is 290 g/mol. The Morgan fingerprint density at radius 1 is 0.857 bits per heavy atom. The quantitative estimate of drug-likeness (QED) is 0.579. The highest BCUT2D eigenvalue weighted by molar-refractivity contribution is 6.02. The van der Waals surface area contributed by atoms with Gasteiger partial charge in [-0.25, -0.2) is 9.59 Å². The fourth-order valence-electron chi connectivity index (χ4n) is 4.80. The SMILES string of the molecule is COC(=O)C1=C(C(=O)OC)[C@H](C)C2=C([C@H]3CC[C@H]2C3)[C@H]1C. The zero-order valence-electron chi connectivity index (χ0n) is 13.1. The maximum atomic E-state index is 12.2. The van der Waals surface area contributed by atoms with E-state index in [9.17, 15) is 9.59 Å². The van der Waals surface area contributed by atoms with Crippen LogP contribution in [0, 0.1) is 23.7 Å². The van der Waals surface area contributed by atoms with Gasteiger partial charge < -0.3 is 9.47 Å². The van der Waals surface area contributed by atoms with E-state index in [0.717, 1.165) is 0 Å². The van der Waals surface area contributed by atoms with E-state index in [2.05, 4.69) is 0 Å². The van der Waals surface area contributed by atoms with Crippen LogP contribution in [0.2, 0.25) is 0 Å². The topological polar surface area (TPSA) is 52.6 Å². The maximum absolute atomic E-state index is 12.2. The van der Waals surface area contributed by atoms with E-state index in [1.54, 1.807) is 0 Å². The van der Waals surface area contributed by atoms with Crippen LogP contribution in [0.5, 0.6) is 0 Å². The van der Waals surface area contributed by atoms with Gasteiger partial charge in [0.25, 0.3) is 0 Å². The van der Waals surface area contributed by atoms with Crippen molar-refractivity contribution < 1.29 is 19.1 Å². The second kappa shape index (κ2) is 5.00. The second-order valence-corrected chi connectivity index (χ2v) is 6.37. The molecule has 0 N–H and O–H groups in total. The number of carbonyl (C=O) groups excluding carboxylic acids is 2. The molecule has 0 spiro atoms. The Hall–Kier alpha value is -1.58. The average molecular weight is 290 g/mol. The molecule has 0 heterocycles. The third-order valence-corrected chi connectivity index (χ3v) is 5.55. The van der Waals surface area contributed by atoms with Gasteiger partial charge in [-0.05, 0) is 31.1 Å². The van der Waals surface area contributed by atoms with E-state index in [1.807, 2.05) is 13.8 Å². The van der Waals surface area contributed by atoms with Crippen LogP contribution in [0.4, 0.5) is 0 Å². The molecule has 3 aliphatic rings. The molecule has 0 aliphatic heterocycles. The van der Waals surface area contributed by atoms with E-state index in [1.165, 1.54) is 44.6 Å². The Labute approximate surface area is 125 Å². The summed E-state index contributed by atoms with van der Waals surface area (Å²) in [5.41, 5.74) is 3.80. The highest BCUT2D eigenvalue weighted by atomic mass is 16.5. The van der Waals surface area contributed by atoms with Crippen molar-refractivity contribution in [2.75, 3.05) is 14.2 Å². The second-order valence-electron chi connectivity index (χ2n) is 6.37. The maximum Gasteiger partial charge on any atom is 0.334 e. The normalized spacial score (nSPS) is 34.1. The molecule has 0 aromatic heterocycles. The summed E-state index contributed by atoms with van der Waals surface area (Å²) in [5.74, 6) is 0.303. The molecule has 0 radical (unpaired) electrons. The van der Waals surface area contributed by atoms with Crippen LogP contribution in [0.1, 0.15) is 33.1 Å². The standard InChI is InChI=1S/C17H22O4/c1-8-12-10-5-6-11(7-10)13(12)9(2)15(17(19)21-4)14(8)16(18)20-3/h8-11H,5-7H2,1-4H3/t8-,9-,10+,11+/m1/s1. The zero-order chi connectivity index (χ0) is 15.3. The highest BCUT2D eigenvalue weighted by Crippen LogP contribution is 2.58. The molecule has 1 fully saturated rings. The van der Waals surface area contributed by atoms with Crippen molar-refractivity contribution in [3.05, 3.63) is 22.3 Å². The lowest BCUT2D eigenvalue weighted by molar-refractivity contribution is -0.140. The van der Waals surface area contributed by atoms with E-state index < -0.39 is 11.9 Å². The van der Waals surface area contributed by atoms with Gasteiger partial charge in [0, 0.05) is 11.8 Å². The van der Waals surface area contributed by atoms with Gasteiger partial charge in [-0.2, -0.15) is 0 Å². The molecule has 3 rings (SSSR count). The summed E-state index contributed by atoms with van der Waals surface area (Å²) in [4.78, 5) is 24.5. The van der Waals surface area contributed by atoms with E-state index in [0.29, 0.717) is 23.0 Å². The molecule has 0 saturated heterocycles. The van der Waals surface area contributed by atoms with Crippen molar-refractivity contribution in [1.29, 1.82) is 0 Å². The first-order chi connectivity index (χ1) is 10.0. The Kier molecular flexibility index (Phi) is 3.42. The van der Waals surface area contributed by atoms with Crippen LogP contribution in [0.15, 0.2) is 22.3 Å². The number of rotatable bonds is 2. The lowest BCUT2D eigenvalue weighted by Gasteiger charge is -2.35. The van der Waals surface area contributed by atoms with Gasteiger partial charge in [0.05, 0.1) is 25.4 Å². The van der Waals surface area contributed by atoms with Crippen LogP contribution in [0.3, 0.4) is 0 Å². The summed E-state index contributed by atoms with van der Waals surface area (Å²) < 4.78 is 9.87. The van der Waals surface area contributed by atoms with Gasteiger partial charge in [0.1, 0.15) is 0 Å². The van der Waals surface area contributed by atoms with Crippen molar-refractivity contribution in [3.63, 3.8) is 0 Å². The van der Waals surface area contributed by atoms with Gasteiger partial charge >= 0.3 is 11.9 Å². The largest absolute Gasteiger partial charge is 0.466 e. The van der Waals surface area contributed by atoms with Crippen molar-refractivity contribution in [3.8, 4) is 0 Å². The van der Waals surface area contributed by atoms with Crippen LogP contribution >= 0.6 is 0 Å². The molecule has 0 amide bonds. The minimum atomic E-state index is -0.399. The molecule has 0 aromatic carbocycles. The van der Waals surface area contributed by atoms with Crippen molar-refractivity contribution in [1.82, 2.24) is 0 Å². The number of hydrogen-bond donors (Lipinski definition) is 0. The number of esters is 2. The molecule has 4 atom stereocenters. The number of fused-ring (bicyclic) bond motifs is 4. The minimum Gasteiger partial charge on any atom is -0.466 e. The predicted molar refractivity (Wildman–Crippen MR) is 77.2 cm³/mol. The zero-order valence-corrected chi connectivity index (χ0v) is 13.1. The van der Waals surface area contributed by atoms with Gasteiger partial charge in [0.2, 0.25) is 0 Å². The Bertz CT molecular complexity index is 521. The number of carbonyl (C=O) groups is 2. The lowest BCUT2D eigenvalue weighted by Crippen LogP contribution is -2.31. The predicted octanol–water partition coefficient (Wildman–Crippen LogP) is 2.64. The third kappa shape index (κ3) is 1.88. The molecule has 114 valence electrons. The first-order valence-corrected chi connectivity index (χ1v) is 7.65. The van der Waals surface area contributed by atoms with Crippen LogP contribution in [-0.2, 0) is 19.1 Å². The molecule has 4 nitrogen and oxygen atoms in total. The fraction of sp³-hybridized carbons (Fsp3) is 0.647. The molecule has 0 unspecified atom stereocenters. The summed E-state index contributed by atoms with van der Waals surface area (Å²) in [5, 5.41) is 0. The molecule has 3 aliphatic carbocycles. The average Bonchev–Trinajstić information content (AvgIpc) is 3.10. The molecule has 4 heteroatoms. The summed E-state index contributed by atoms with van der Waals surface area (Å²) in [6, 6.07) is 0. The Morgan fingerprint density at radius 3 is 1.57 bits per heavy atom. The highest BCUT2D eigenvalue weighted by Gasteiger charge is 2.49. The summed E-state index contributed by atoms with van der Waals surface area (Å²) in [6.07, 6.45) is 3.60. The molecular weight excluding hydrogens is 268 g/mol. The molecular formula is C17H22O4. The van der Waals surface area contributed by atoms with E-state index >= 15 is 0 Å². The molecule has 1 saturated carbocycles. The first kappa shape index (κ1) is 14.4. The number of hydrogen-bond acceptors (Lipinski definition) is 4. The third-order valence-electron chi connectivity index (χ3n) is 5.55. The van der Waals surface area contributed by atoms with Gasteiger partial charge in [0.15, 0.2) is 0 Å². The minimum absolute atomic E-state index is 0.0342. The number of ether oxygens (including phenoxy) is 2.